The minimum atomic E-state index is -0.291. The summed E-state index contributed by atoms with van der Waals surface area (Å²) in [4.78, 5) is 20.5. The fraction of sp³-hybridized carbons (Fsp3) is 0. The number of halogens is 8. The van der Waals surface area contributed by atoms with Crippen LogP contribution in [0.5, 0.6) is 23.0 Å². The first-order chi connectivity index (χ1) is 28.7. The van der Waals surface area contributed by atoms with E-state index in [2.05, 4.69) is 0 Å². The van der Waals surface area contributed by atoms with Crippen LogP contribution in [0.25, 0.3) is 90.9 Å². The summed E-state index contributed by atoms with van der Waals surface area (Å²) in [5.41, 5.74) is 7.42. The van der Waals surface area contributed by atoms with Gasteiger partial charge in [-0.25, -0.2) is 9.97 Å². The van der Waals surface area contributed by atoms with Crippen molar-refractivity contribution in [1.29, 1.82) is 0 Å². The maximum absolute atomic E-state index is 10.5. The minimum Gasteiger partial charge on any atom is -0.657 e. The van der Waals surface area contributed by atoms with Crippen LogP contribution in [-0.4, -0.2) is 30.4 Å². The molecule has 0 fully saturated rings. The Kier molecular flexibility index (Phi) is 11.8. The van der Waals surface area contributed by atoms with Gasteiger partial charge < -0.3 is 30.4 Å². The van der Waals surface area contributed by atoms with Gasteiger partial charge in [-0.05, 0) is 117 Å². The Bertz CT molecular complexity index is 2760. The summed E-state index contributed by atoms with van der Waals surface area (Å²) in [6.07, 6.45) is 7.14. The number of rotatable bonds is 4. The largest absolute Gasteiger partial charge is 2.00 e. The molecule has 0 radical (unpaired) electrons. The molecule has 7 aromatic rings. The average molecular weight is 1010 g/mol. The van der Waals surface area contributed by atoms with Gasteiger partial charge in [-0.2, -0.15) is 0 Å². The normalized spacial score (nSPS) is 11.9. The Morgan fingerprint density at radius 3 is 0.689 bits per heavy atom. The molecule has 8 nitrogen and oxygen atoms in total. The molecule has 2 aliphatic heterocycles. The standard InChI is InChI=1S/C44H20Cl8N4O4.Ni/c45-21-9-17(10-22(46)41(21)57)37-29-1-2-30(53-29)38(18-11-23(47)42(58)24(48)12-18)32-5-6-34(55-32)40(20-15-27(51)44(60)28(52)16-20)36-8-7-35(56-36)39(33-4-3-31(37)54-33)19-13-25(49)43(59)26(50)14-19;/h1-16H,(H4-2,53,54,55,56,57,58,59,60);/q-2;+2. The van der Waals surface area contributed by atoms with Gasteiger partial charge in [0.2, 0.25) is 0 Å². The van der Waals surface area contributed by atoms with Gasteiger partial charge in [0.15, 0.2) is 23.0 Å². The van der Waals surface area contributed by atoms with Crippen LogP contribution in [0.3, 0.4) is 0 Å². The Balaban J connectivity index is 0.00000514. The molecule has 4 N–H and O–H groups in total. The summed E-state index contributed by atoms with van der Waals surface area (Å²) in [6, 6.07) is 19.6. The fourth-order valence-electron chi connectivity index (χ4n) is 7.11. The summed E-state index contributed by atoms with van der Waals surface area (Å²) >= 11 is 52.0. The smallest absolute Gasteiger partial charge is 0.657 e. The predicted octanol–water partition coefficient (Wildman–Crippen LogP) is 14.6. The number of aromatic nitrogens is 4. The number of phenols is 4. The van der Waals surface area contributed by atoms with Crippen LogP contribution >= 0.6 is 92.8 Å². The number of benzene rings is 4. The minimum absolute atomic E-state index is 0. The van der Waals surface area contributed by atoms with E-state index in [1.54, 1.807) is 97.1 Å². The van der Waals surface area contributed by atoms with Gasteiger partial charge in [-0.3, -0.25) is 0 Å². The second-order valence-electron chi connectivity index (χ2n) is 13.5. The second-order valence-corrected chi connectivity index (χ2v) is 16.8. The van der Waals surface area contributed by atoms with Crippen molar-refractivity contribution in [3.63, 3.8) is 0 Å². The van der Waals surface area contributed by atoms with Crippen molar-refractivity contribution in [2.75, 3.05) is 0 Å². The monoisotopic (exact) mass is 1010 g/mol. The average Bonchev–Trinajstić information content (AvgIpc) is 4.05. The van der Waals surface area contributed by atoms with Crippen LogP contribution in [0.2, 0.25) is 40.2 Å². The van der Waals surface area contributed by atoms with Gasteiger partial charge in [0.05, 0.1) is 63.0 Å². The molecule has 9 rings (SSSR count). The third-order valence-corrected chi connectivity index (χ3v) is 12.1. The molecule has 8 bridgehead atoms. The summed E-state index contributed by atoms with van der Waals surface area (Å²) in [6.45, 7) is 0. The molecule has 0 amide bonds. The van der Waals surface area contributed by atoms with E-state index in [0.29, 0.717) is 89.4 Å². The molecule has 0 aliphatic carbocycles. The van der Waals surface area contributed by atoms with Gasteiger partial charge in [-0.15, -0.1) is 22.1 Å². The first kappa shape index (κ1) is 43.2. The molecular formula is C44H20Cl8N4NiO4. The van der Waals surface area contributed by atoms with Gasteiger partial charge in [0, 0.05) is 0 Å². The summed E-state index contributed by atoms with van der Waals surface area (Å²) in [5, 5.41) is 42.1. The predicted molar refractivity (Wildman–Crippen MR) is 245 cm³/mol. The molecular weight excluding hydrogens is 991 g/mol. The topological polar surface area (TPSA) is 135 Å². The molecule has 3 aromatic heterocycles. The van der Waals surface area contributed by atoms with Crippen molar-refractivity contribution in [2.45, 2.75) is 0 Å². The molecule has 0 unspecified atom stereocenters. The third-order valence-electron chi connectivity index (χ3n) is 9.83. The van der Waals surface area contributed by atoms with Crippen LogP contribution in [0, 0.1) is 0 Å². The van der Waals surface area contributed by atoms with Gasteiger partial charge in [0.25, 0.3) is 0 Å². The molecule has 4 aromatic carbocycles. The third kappa shape index (κ3) is 7.71. The van der Waals surface area contributed by atoms with Crippen molar-refractivity contribution in [3.8, 4) is 67.5 Å². The van der Waals surface area contributed by atoms with Crippen LogP contribution in [0.4, 0.5) is 0 Å². The van der Waals surface area contributed by atoms with E-state index in [9.17, 15) is 20.4 Å². The van der Waals surface area contributed by atoms with Crippen molar-refractivity contribution in [1.82, 2.24) is 19.9 Å². The van der Waals surface area contributed by atoms with Crippen LogP contribution in [-0.2, 0) is 16.5 Å². The summed E-state index contributed by atoms with van der Waals surface area (Å²) in [7, 11) is 0. The molecule has 0 saturated heterocycles. The number of aromatic hydroxyl groups is 4. The van der Waals surface area contributed by atoms with E-state index in [0.717, 1.165) is 0 Å². The first-order valence-corrected chi connectivity index (χ1v) is 20.5. The molecule has 0 atom stereocenters. The summed E-state index contributed by atoms with van der Waals surface area (Å²) in [5.74, 6) is -1.16. The van der Waals surface area contributed by atoms with E-state index in [4.69, 9.17) is 113 Å². The Morgan fingerprint density at radius 1 is 0.328 bits per heavy atom. The van der Waals surface area contributed by atoms with Crippen molar-refractivity contribution in [3.05, 3.63) is 136 Å². The molecule has 61 heavy (non-hydrogen) atoms. The number of nitrogens with zero attached hydrogens (tertiary/aromatic N) is 4. The maximum atomic E-state index is 10.5. The zero-order valence-corrected chi connectivity index (χ0v) is 37.2. The number of phenolic OH excluding ortho intramolecular Hbond substituents is 4. The van der Waals surface area contributed by atoms with Crippen molar-refractivity contribution in [2.24, 2.45) is 0 Å². The van der Waals surface area contributed by atoms with Crippen LogP contribution in [0.1, 0.15) is 22.8 Å². The zero-order valence-electron chi connectivity index (χ0n) is 30.2. The Labute approximate surface area is 396 Å². The quantitative estimate of drug-likeness (QED) is 0.128. The van der Waals surface area contributed by atoms with Crippen LogP contribution in [0.15, 0.2) is 72.8 Å². The van der Waals surface area contributed by atoms with Crippen LogP contribution < -0.4 is 9.97 Å². The molecule has 306 valence electrons. The molecule has 17 heteroatoms. The first-order valence-electron chi connectivity index (χ1n) is 17.5. The summed E-state index contributed by atoms with van der Waals surface area (Å²) < 4.78 is 0. The van der Waals surface area contributed by atoms with Crippen molar-refractivity contribution >= 4 is 139 Å². The Hall–Kier alpha value is -4.51. The van der Waals surface area contributed by atoms with Crippen molar-refractivity contribution < 1.29 is 36.9 Å². The van der Waals surface area contributed by atoms with E-state index in [-0.39, 0.29) is 79.7 Å². The van der Waals surface area contributed by atoms with E-state index in [1.807, 2.05) is 0 Å². The van der Waals surface area contributed by atoms with Gasteiger partial charge in [0.1, 0.15) is 0 Å². The molecule has 0 spiro atoms. The van der Waals surface area contributed by atoms with E-state index >= 15 is 0 Å². The Morgan fingerprint density at radius 2 is 0.508 bits per heavy atom. The van der Waals surface area contributed by atoms with E-state index < -0.39 is 0 Å². The molecule has 5 heterocycles. The number of hydrogen-bond donors (Lipinski definition) is 4. The zero-order chi connectivity index (χ0) is 42.3. The van der Waals surface area contributed by atoms with Gasteiger partial charge >= 0.3 is 16.5 Å². The second kappa shape index (κ2) is 16.6. The van der Waals surface area contributed by atoms with E-state index in [1.165, 1.54) is 0 Å². The number of hydrogen-bond acceptors (Lipinski definition) is 6. The van der Waals surface area contributed by atoms with Gasteiger partial charge in [-0.1, -0.05) is 117 Å². The number of fused-ring (bicyclic) bond motifs is 8. The molecule has 0 saturated carbocycles. The maximum Gasteiger partial charge on any atom is 2.00 e. The SMILES string of the molecule is Oc1c(Cl)cc(-c2c3nc(c(-c4cc(Cl)c(O)c(Cl)c4)c4ccc([n-]4)c(-c4cc(Cl)c(O)c(Cl)c4)c4nc(c(-c5cc(Cl)c(O)c(Cl)c5)c5ccc2[n-]5)C=C4)C=C3)cc1Cl.[Ni+2]. The fourth-order valence-corrected chi connectivity index (χ4v) is 9.06. The molecule has 2 aliphatic rings.